The van der Waals surface area contributed by atoms with Gasteiger partial charge in [-0.25, -0.2) is 4.98 Å². The molecule has 2 rings (SSSR count). The standard InChI is InChI=1S/C11H12N2O/c1-8-5-6-9(7-12)11(13-8)14-10-3-2-4-10/h5-6,10H,2-4H2,1H3. The van der Waals surface area contributed by atoms with Crippen LogP contribution in [0.3, 0.4) is 0 Å². The van der Waals surface area contributed by atoms with Crippen molar-refractivity contribution in [1.29, 1.82) is 5.26 Å². The van der Waals surface area contributed by atoms with Gasteiger partial charge < -0.3 is 4.74 Å². The third kappa shape index (κ3) is 1.69. The Morgan fingerprint density at radius 3 is 2.86 bits per heavy atom. The number of nitriles is 1. The van der Waals surface area contributed by atoms with Crippen molar-refractivity contribution in [2.45, 2.75) is 32.3 Å². The Kier molecular flexibility index (Phi) is 2.36. The van der Waals surface area contributed by atoms with Gasteiger partial charge in [-0.3, -0.25) is 0 Å². The highest BCUT2D eigenvalue weighted by Crippen LogP contribution is 2.25. The van der Waals surface area contributed by atoms with Crippen LogP contribution in [-0.4, -0.2) is 11.1 Å². The summed E-state index contributed by atoms with van der Waals surface area (Å²) in [5.41, 5.74) is 1.42. The zero-order chi connectivity index (χ0) is 9.97. The average Bonchev–Trinajstić information content (AvgIpc) is 2.12. The van der Waals surface area contributed by atoms with E-state index in [1.807, 2.05) is 13.0 Å². The van der Waals surface area contributed by atoms with Crippen molar-refractivity contribution in [3.05, 3.63) is 23.4 Å². The lowest BCUT2D eigenvalue weighted by Gasteiger charge is -2.26. The van der Waals surface area contributed by atoms with E-state index in [9.17, 15) is 0 Å². The van der Waals surface area contributed by atoms with E-state index in [1.54, 1.807) is 6.07 Å². The highest BCUT2D eigenvalue weighted by Gasteiger charge is 2.21. The molecule has 1 aromatic rings. The zero-order valence-electron chi connectivity index (χ0n) is 8.16. The Morgan fingerprint density at radius 1 is 1.50 bits per heavy atom. The summed E-state index contributed by atoms with van der Waals surface area (Å²) in [4.78, 5) is 4.22. The maximum Gasteiger partial charge on any atom is 0.232 e. The Bertz CT molecular complexity index is 377. The second-order valence-corrected chi connectivity index (χ2v) is 3.59. The van der Waals surface area contributed by atoms with Gasteiger partial charge in [0.2, 0.25) is 5.88 Å². The molecule has 1 aliphatic rings. The van der Waals surface area contributed by atoms with Crippen LogP contribution in [0.4, 0.5) is 0 Å². The molecule has 1 aromatic heterocycles. The van der Waals surface area contributed by atoms with E-state index >= 15 is 0 Å². The van der Waals surface area contributed by atoms with Crippen LogP contribution < -0.4 is 4.74 Å². The smallest absolute Gasteiger partial charge is 0.232 e. The van der Waals surface area contributed by atoms with E-state index in [0.717, 1.165) is 18.5 Å². The molecule has 1 heterocycles. The van der Waals surface area contributed by atoms with Crippen LogP contribution in [0.15, 0.2) is 12.1 Å². The molecule has 0 aromatic carbocycles. The summed E-state index contributed by atoms with van der Waals surface area (Å²) in [6.07, 6.45) is 3.66. The molecule has 0 aliphatic heterocycles. The second kappa shape index (κ2) is 3.67. The number of hydrogen-bond acceptors (Lipinski definition) is 3. The molecule has 14 heavy (non-hydrogen) atoms. The molecule has 0 N–H and O–H groups in total. The summed E-state index contributed by atoms with van der Waals surface area (Å²) in [7, 11) is 0. The van der Waals surface area contributed by atoms with E-state index in [0.29, 0.717) is 11.4 Å². The van der Waals surface area contributed by atoms with Gasteiger partial charge in [0.05, 0.1) is 0 Å². The van der Waals surface area contributed by atoms with Crippen molar-refractivity contribution in [2.24, 2.45) is 0 Å². The van der Waals surface area contributed by atoms with E-state index in [2.05, 4.69) is 11.1 Å². The predicted molar refractivity (Wildman–Crippen MR) is 52.0 cm³/mol. The molecule has 0 unspecified atom stereocenters. The maximum atomic E-state index is 8.84. The van der Waals surface area contributed by atoms with Crippen LogP contribution >= 0.6 is 0 Å². The maximum absolute atomic E-state index is 8.84. The molecule has 1 aliphatic carbocycles. The third-order valence-corrected chi connectivity index (χ3v) is 2.45. The molecule has 0 saturated heterocycles. The van der Waals surface area contributed by atoms with Gasteiger partial charge in [0.25, 0.3) is 0 Å². The molecule has 0 spiro atoms. The van der Waals surface area contributed by atoms with E-state index in [-0.39, 0.29) is 6.10 Å². The Hall–Kier alpha value is -1.56. The zero-order valence-corrected chi connectivity index (χ0v) is 8.16. The number of aromatic nitrogens is 1. The summed E-state index contributed by atoms with van der Waals surface area (Å²) in [5.74, 6) is 0.497. The van der Waals surface area contributed by atoms with E-state index < -0.39 is 0 Å². The minimum atomic E-state index is 0.274. The summed E-state index contributed by atoms with van der Waals surface area (Å²) >= 11 is 0. The van der Waals surface area contributed by atoms with Crippen LogP contribution in [0, 0.1) is 18.3 Å². The second-order valence-electron chi connectivity index (χ2n) is 3.59. The minimum Gasteiger partial charge on any atom is -0.473 e. The molecule has 0 atom stereocenters. The normalized spacial score (nSPS) is 15.7. The van der Waals surface area contributed by atoms with Crippen molar-refractivity contribution < 1.29 is 4.74 Å². The molecule has 0 amide bonds. The Balaban J connectivity index is 2.21. The molecule has 3 heteroatoms. The first-order chi connectivity index (χ1) is 6.79. The predicted octanol–water partition coefficient (Wildman–Crippen LogP) is 2.19. The summed E-state index contributed by atoms with van der Waals surface area (Å²) < 4.78 is 5.62. The van der Waals surface area contributed by atoms with Crippen molar-refractivity contribution in [3.8, 4) is 11.9 Å². The number of pyridine rings is 1. The van der Waals surface area contributed by atoms with Crippen molar-refractivity contribution in [3.63, 3.8) is 0 Å². The Labute approximate surface area is 83.3 Å². The molecule has 72 valence electrons. The summed E-state index contributed by atoms with van der Waals surface area (Å²) in [6, 6.07) is 5.67. The van der Waals surface area contributed by atoms with Gasteiger partial charge in [0.1, 0.15) is 17.7 Å². The molecular weight excluding hydrogens is 176 g/mol. The first kappa shape index (κ1) is 9.01. The summed E-state index contributed by atoms with van der Waals surface area (Å²) in [6.45, 7) is 1.90. The first-order valence-corrected chi connectivity index (χ1v) is 4.84. The quantitative estimate of drug-likeness (QED) is 0.714. The SMILES string of the molecule is Cc1ccc(C#N)c(OC2CCC2)n1. The van der Waals surface area contributed by atoms with Gasteiger partial charge in [-0.15, -0.1) is 0 Å². The lowest BCUT2D eigenvalue weighted by molar-refractivity contribution is 0.114. The molecule has 1 fully saturated rings. The molecule has 0 radical (unpaired) electrons. The van der Waals surface area contributed by atoms with Crippen LogP contribution in [0.25, 0.3) is 0 Å². The molecule has 3 nitrogen and oxygen atoms in total. The lowest BCUT2D eigenvalue weighted by Crippen LogP contribution is -2.25. The number of aryl methyl sites for hydroxylation is 1. The van der Waals surface area contributed by atoms with Gasteiger partial charge in [0.15, 0.2) is 0 Å². The van der Waals surface area contributed by atoms with Crippen molar-refractivity contribution in [1.82, 2.24) is 4.98 Å². The van der Waals surface area contributed by atoms with E-state index in [4.69, 9.17) is 10.00 Å². The first-order valence-electron chi connectivity index (χ1n) is 4.84. The van der Waals surface area contributed by atoms with E-state index in [1.165, 1.54) is 6.42 Å². The lowest BCUT2D eigenvalue weighted by atomic mass is 9.96. The van der Waals surface area contributed by atoms with Crippen LogP contribution in [0.2, 0.25) is 0 Å². The van der Waals surface area contributed by atoms with Crippen LogP contribution in [0.5, 0.6) is 5.88 Å². The van der Waals surface area contributed by atoms with Gasteiger partial charge in [-0.05, 0) is 38.3 Å². The Morgan fingerprint density at radius 2 is 2.29 bits per heavy atom. The number of rotatable bonds is 2. The average molecular weight is 188 g/mol. The van der Waals surface area contributed by atoms with Crippen molar-refractivity contribution in [2.75, 3.05) is 0 Å². The van der Waals surface area contributed by atoms with Crippen molar-refractivity contribution >= 4 is 0 Å². The summed E-state index contributed by atoms with van der Waals surface area (Å²) in [5, 5.41) is 8.84. The topological polar surface area (TPSA) is 45.9 Å². The fourth-order valence-corrected chi connectivity index (χ4v) is 1.35. The van der Waals surface area contributed by atoms with Gasteiger partial charge in [-0.1, -0.05) is 0 Å². The van der Waals surface area contributed by atoms with Gasteiger partial charge in [0, 0.05) is 5.69 Å². The largest absolute Gasteiger partial charge is 0.473 e. The minimum absolute atomic E-state index is 0.274. The molecule has 0 bridgehead atoms. The molecular formula is C11H12N2O. The number of ether oxygens (including phenoxy) is 1. The fraction of sp³-hybridized carbons (Fsp3) is 0.455. The van der Waals surface area contributed by atoms with Crippen LogP contribution in [-0.2, 0) is 0 Å². The highest BCUT2D eigenvalue weighted by atomic mass is 16.5. The monoisotopic (exact) mass is 188 g/mol. The highest BCUT2D eigenvalue weighted by molar-refractivity contribution is 5.38. The van der Waals surface area contributed by atoms with Gasteiger partial charge >= 0.3 is 0 Å². The number of nitrogens with zero attached hydrogens (tertiary/aromatic N) is 2. The van der Waals surface area contributed by atoms with Gasteiger partial charge in [-0.2, -0.15) is 5.26 Å². The third-order valence-electron chi connectivity index (χ3n) is 2.45. The molecule has 1 saturated carbocycles. The van der Waals surface area contributed by atoms with Crippen LogP contribution in [0.1, 0.15) is 30.5 Å². The fourth-order valence-electron chi connectivity index (χ4n) is 1.35. The number of hydrogen-bond donors (Lipinski definition) is 0.